The van der Waals surface area contributed by atoms with Crippen LogP contribution in [0.3, 0.4) is 0 Å². The fourth-order valence-electron chi connectivity index (χ4n) is 3.12. The third-order valence-electron chi connectivity index (χ3n) is 4.37. The Morgan fingerprint density at radius 3 is 2.62 bits per heavy atom. The van der Waals surface area contributed by atoms with Crippen LogP contribution in [-0.4, -0.2) is 23.4 Å². The minimum absolute atomic E-state index is 0.228. The summed E-state index contributed by atoms with van der Waals surface area (Å²) in [5.41, 5.74) is 4.55. The van der Waals surface area contributed by atoms with Gasteiger partial charge in [0.25, 0.3) is 0 Å². The van der Waals surface area contributed by atoms with E-state index >= 15 is 0 Å². The van der Waals surface area contributed by atoms with Gasteiger partial charge >= 0.3 is 5.97 Å². The highest BCUT2D eigenvalue weighted by molar-refractivity contribution is 6.04. The Morgan fingerprint density at radius 1 is 1.19 bits per heavy atom. The van der Waals surface area contributed by atoms with E-state index in [9.17, 15) is 9.59 Å². The molecule has 1 aromatic heterocycles. The zero-order chi connectivity index (χ0) is 18.5. The second-order valence-corrected chi connectivity index (χ2v) is 5.96. The van der Waals surface area contributed by atoms with E-state index in [1.165, 1.54) is 0 Å². The maximum atomic E-state index is 11.7. The number of carbonyl (C=O) groups excluding carboxylic acids is 2. The fourth-order valence-corrected chi connectivity index (χ4v) is 3.12. The van der Waals surface area contributed by atoms with Crippen LogP contribution in [0.2, 0.25) is 0 Å². The maximum absolute atomic E-state index is 11.7. The molecule has 0 unspecified atom stereocenters. The summed E-state index contributed by atoms with van der Waals surface area (Å²) in [7, 11) is 1.95. The zero-order valence-electron chi connectivity index (χ0n) is 14.4. The molecule has 1 heterocycles. The van der Waals surface area contributed by atoms with Crippen LogP contribution in [0.25, 0.3) is 22.2 Å². The van der Waals surface area contributed by atoms with Crippen LogP contribution in [0, 0.1) is 11.3 Å². The number of rotatable bonds is 6. The molecule has 3 rings (SSSR count). The number of hydrogen-bond donors (Lipinski definition) is 0. The van der Waals surface area contributed by atoms with E-state index in [4.69, 9.17) is 10.00 Å². The van der Waals surface area contributed by atoms with Gasteiger partial charge in [-0.2, -0.15) is 5.26 Å². The number of ether oxygens (including phenoxy) is 1. The predicted molar refractivity (Wildman–Crippen MR) is 98.6 cm³/mol. The van der Waals surface area contributed by atoms with Gasteiger partial charge in [-0.15, -0.1) is 0 Å². The Labute approximate surface area is 151 Å². The molecule has 5 nitrogen and oxygen atoms in total. The van der Waals surface area contributed by atoms with Crippen molar-refractivity contribution in [1.82, 2.24) is 4.57 Å². The van der Waals surface area contributed by atoms with Crippen molar-refractivity contribution in [2.24, 2.45) is 7.05 Å². The Morgan fingerprint density at radius 2 is 1.92 bits per heavy atom. The quantitative estimate of drug-likeness (QED) is 0.504. The van der Waals surface area contributed by atoms with E-state index < -0.39 is 5.97 Å². The first-order valence-corrected chi connectivity index (χ1v) is 8.30. The molecule has 130 valence electrons. The van der Waals surface area contributed by atoms with Crippen molar-refractivity contribution < 1.29 is 14.3 Å². The van der Waals surface area contributed by atoms with Gasteiger partial charge in [-0.1, -0.05) is 42.5 Å². The van der Waals surface area contributed by atoms with Gasteiger partial charge in [0.05, 0.1) is 18.4 Å². The minimum atomic E-state index is -0.504. The normalized spacial score (nSPS) is 10.5. The molecule has 5 heteroatoms. The lowest BCUT2D eigenvalue weighted by molar-refractivity contribution is -0.142. The summed E-state index contributed by atoms with van der Waals surface area (Å²) in [5, 5.41) is 9.37. The number of esters is 1. The molecule has 0 saturated heterocycles. The Kier molecular flexibility index (Phi) is 5.14. The minimum Gasteiger partial charge on any atom is -0.465 e. The molecule has 2 aromatic carbocycles. The lowest BCUT2D eigenvalue weighted by Gasteiger charge is -2.08. The van der Waals surface area contributed by atoms with E-state index in [1.807, 2.05) is 60.1 Å². The number of aromatic nitrogens is 1. The second-order valence-electron chi connectivity index (χ2n) is 5.96. The highest BCUT2D eigenvalue weighted by Crippen LogP contribution is 2.31. The van der Waals surface area contributed by atoms with Gasteiger partial charge in [-0.25, -0.2) is 0 Å². The van der Waals surface area contributed by atoms with Crippen LogP contribution in [0.4, 0.5) is 0 Å². The van der Waals surface area contributed by atoms with Crippen molar-refractivity contribution in [2.45, 2.75) is 12.8 Å². The third kappa shape index (κ3) is 3.35. The molecule has 0 N–H and O–H groups in total. The van der Waals surface area contributed by atoms with Gasteiger partial charge in [-0.3, -0.25) is 9.59 Å². The first kappa shape index (κ1) is 17.4. The summed E-state index contributed by atoms with van der Waals surface area (Å²) in [6.45, 7) is 0.244. The standard InChI is InChI=1S/C21H18N2O3/c1-23-19-5-3-2-4-17(19)18(14-24)21(23)16-8-6-15(7-9-16)11-13-26-20(25)10-12-22/h2-9,14H,10-11,13H2,1H3. The van der Waals surface area contributed by atoms with Crippen molar-refractivity contribution in [3.8, 4) is 17.3 Å². The smallest absolute Gasteiger partial charge is 0.320 e. The Hall–Kier alpha value is -3.39. The van der Waals surface area contributed by atoms with Gasteiger partial charge in [-0.05, 0) is 17.2 Å². The van der Waals surface area contributed by atoms with Crippen LogP contribution in [0.1, 0.15) is 22.3 Å². The zero-order valence-corrected chi connectivity index (χ0v) is 14.4. The molecular weight excluding hydrogens is 328 g/mol. The predicted octanol–water partition coefficient (Wildman–Crippen LogP) is 3.66. The molecule has 0 aliphatic heterocycles. The Balaban J connectivity index is 1.82. The van der Waals surface area contributed by atoms with Crippen molar-refractivity contribution in [3.63, 3.8) is 0 Å². The summed E-state index contributed by atoms with van der Waals surface area (Å²) in [6, 6.07) is 17.4. The van der Waals surface area contributed by atoms with Crippen molar-refractivity contribution in [1.29, 1.82) is 5.26 Å². The number of aldehydes is 1. The summed E-state index contributed by atoms with van der Waals surface area (Å²) < 4.78 is 7.01. The molecule has 3 aromatic rings. The number of nitriles is 1. The molecule has 0 spiro atoms. The van der Waals surface area contributed by atoms with Crippen LogP contribution >= 0.6 is 0 Å². The molecule has 0 bridgehead atoms. The van der Waals surface area contributed by atoms with E-state index in [2.05, 4.69) is 0 Å². The molecule has 0 atom stereocenters. The van der Waals surface area contributed by atoms with Crippen LogP contribution in [0.5, 0.6) is 0 Å². The van der Waals surface area contributed by atoms with E-state index in [1.54, 1.807) is 6.07 Å². The van der Waals surface area contributed by atoms with Crippen LogP contribution in [-0.2, 0) is 23.0 Å². The maximum Gasteiger partial charge on any atom is 0.320 e. The van der Waals surface area contributed by atoms with Crippen LogP contribution in [0.15, 0.2) is 48.5 Å². The number of fused-ring (bicyclic) bond motifs is 1. The molecule has 0 fully saturated rings. The van der Waals surface area contributed by atoms with Crippen molar-refractivity contribution in [3.05, 3.63) is 59.7 Å². The van der Waals surface area contributed by atoms with Crippen molar-refractivity contribution in [2.75, 3.05) is 6.61 Å². The first-order chi connectivity index (χ1) is 12.7. The monoisotopic (exact) mass is 346 g/mol. The lowest BCUT2D eigenvalue weighted by atomic mass is 10.0. The number of para-hydroxylation sites is 1. The van der Waals surface area contributed by atoms with Gasteiger partial charge < -0.3 is 9.30 Å². The van der Waals surface area contributed by atoms with Crippen LogP contribution < -0.4 is 0 Å². The van der Waals surface area contributed by atoms with E-state index in [-0.39, 0.29) is 13.0 Å². The average molecular weight is 346 g/mol. The fraction of sp³-hybridized carbons (Fsp3) is 0.190. The number of hydrogen-bond acceptors (Lipinski definition) is 4. The summed E-state index contributed by atoms with van der Waals surface area (Å²) in [4.78, 5) is 22.9. The number of benzene rings is 2. The first-order valence-electron chi connectivity index (χ1n) is 8.30. The highest BCUT2D eigenvalue weighted by Gasteiger charge is 2.15. The Bertz CT molecular complexity index is 995. The SMILES string of the molecule is Cn1c(-c2ccc(CCOC(=O)CC#N)cc2)c(C=O)c2ccccc21. The summed E-state index contributed by atoms with van der Waals surface area (Å²) in [6.07, 6.45) is 1.25. The lowest BCUT2D eigenvalue weighted by Crippen LogP contribution is -2.06. The third-order valence-corrected chi connectivity index (χ3v) is 4.37. The van der Waals surface area contributed by atoms with E-state index in [0.717, 1.165) is 34.0 Å². The highest BCUT2D eigenvalue weighted by atomic mass is 16.5. The van der Waals surface area contributed by atoms with E-state index in [0.29, 0.717) is 12.0 Å². The van der Waals surface area contributed by atoms with Crippen molar-refractivity contribution >= 4 is 23.2 Å². The molecule has 26 heavy (non-hydrogen) atoms. The average Bonchev–Trinajstić information content (AvgIpc) is 2.95. The number of aryl methyl sites for hydroxylation is 1. The molecule has 0 aliphatic carbocycles. The van der Waals surface area contributed by atoms with Gasteiger partial charge in [0.15, 0.2) is 6.29 Å². The molecule has 0 saturated carbocycles. The second kappa shape index (κ2) is 7.66. The largest absolute Gasteiger partial charge is 0.465 e. The van der Waals surface area contributed by atoms with Gasteiger partial charge in [0, 0.05) is 29.9 Å². The molecule has 0 aliphatic rings. The van der Waals surface area contributed by atoms with Gasteiger partial charge in [0.1, 0.15) is 6.42 Å². The summed E-state index contributed by atoms with van der Waals surface area (Å²) in [5.74, 6) is -0.504. The topological polar surface area (TPSA) is 72.1 Å². The summed E-state index contributed by atoms with van der Waals surface area (Å²) >= 11 is 0. The number of nitrogens with zero attached hydrogens (tertiary/aromatic N) is 2. The molecule has 0 amide bonds. The molecular formula is C21H18N2O3. The number of carbonyl (C=O) groups is 2. The molecule has 0 radical (unpaired) electrons. The van der Waals surface area contributed by atoms with Gasteiger partial charge in [0.2, 0.25) is 0 Å².